The standard InChI is InChI=1S/C21H28ClNO3/c22-15-3-4-19-17(14-15)20-18(2-1-11-25-20)21(26-19)7-9-23(10-8-21)16-5-12-24-13-6-16/h3-4,14,16,18,20H,1-2,5-13H2/t18-,20+/m0/s1. The first-order chi connectivity index (χ1) is 12.8. The molecule has 4 aliphatic rings. The van der Waals surface area contributed by atoms with Crippen LogP contribution >= 0.6 is 11.6 Å². The zero-order valence-electron chi connectivity index (χ0n) is 15.3. The number of hydrogen-bond acceptors (Lipinski definition) is 4. The number of ether oxygens (including phenoxy) is 3. The van der Waals surface area contributed by atoms with Crippen LogP contribution in [0.15, 0.2) is 18.2 Å². The van der Waals surface area contributed by atoms with Crippen molar-refractivity contribution in [2.24, 2.45) is 5.92 Å². The molecular formula is C21H28ClNO3. The summed E-state index contributed by atoms with van der Waals surface area (Å²) in [7, 11) is 0. The number of benzene rings is 1. The van der Waals surface area contributed by atoms with Crippen LogP contribution in [0.1, 0.15) is 50.2 Å². The summed E-state index contributed by atoms with van der Waals surface area (Å²) in [4.78, 5) is 2.67. The van der Waals surface area contributed by atoms with Gasteiger partial charge in [-0.15, -0.1) is 0 Å². The fraction of sp³-hybridized carbons (Fsp3) is 0.714. The Labute approximate surface area is 160 Å². The van der Waals surface area contributed by atoms with Gasteiger partial charge in [0.1, 0.15) is 11.4 Å². The molecule has 0 aliphatic carbocycles. The molecule has 0 radical (unpaired) electrons. The quantitative estimate of drug-likeness (QED) is 0.733. The SMILES string of the molecule is Clc1ccc2c(c1)[C@H]1OCCC[C@@H]1C1(CCN(C3CCOCC3)CC1)O2. The van der Waals surface area contributed by atoms with Crippen molar-refractivity contribution >= 4 is 11.6 Å². The molecule has 26 heavy (non-hydrogen) atoms. The lowest BCUT2D eigenvalue weighted by Gasteiger charge is -2.54. The Morgan fingerprint density at radius 3 is 2.65 bits per heavy atom. The minimum absolute atomic E-state index is 0.0758. The maximum atomic E-state index is 6.73. The maximum absolute atomic E-state index is 6.73. The van der Waals surface area contributed by atoms with E-state index in [0.29, 0.717) is 12.0 Å². The van der Waals surface area contributed by atoms with Gasteiger partial charge in [0.25, 0.3) is 0 Å². The average Bonchev–Trinajstić information content (AvgIpc) is 2.70. The van der Waals surface area contributed by atoms with Crippen molar-refractivity contribution in [3.63, 3.8) is 0 Å². The minimum Gasteiger partial charge on any atom is -0.486 e. The zero-order chi connectivity index (χ0) is 17.6. The predicted molar refractivity (Wildman–Crippen MR) is 101 cm³/mol. The molecule has 0 unspecified atom stereocenters. The third-order valence-corrected chi connectivity index (χ3v) is 7.18. The number of halogens is 1. The molecule has 0 bridgehead atoms. The number of hydrogen-bond donors (Lipinski definition) is 0. The van der Waals surface area contributed by atoms with Crippen molar-refractivity contribution in [2.75, 3.05) is 32.9 Å². The summed E-state index contributed by atoms with van der Waals surface area (Å²) in [5, 5.41) is 0.769. The van der Waals surface area contributed by atoms with Gasteiger partial charge in [-0.05, 0) is 43.9 Å². The van der Waals surface area contributed by atoms with Gasteiger partial charge in [-0.1, -0.05) is 11.6 Å². The van der Waals surface area contributed by atoms with E-state index in [9.17, 15) is 0 Å². The summed E-state index contributed by atoms with van der Waals surface area (Å²) in [5.74, 6) is 1.43. The van der Waals surface area contributed by atoms with E-state index in [4.69, 9.17) is 25.8 Å². The molecular weight excluding hydrogens is 350 g/mol. The number of fused-ring (bicyclic) bond motifs is 4. The molecule has 3 fully saturated rings. The summed E-state index contributed by atoms with van der Waals surface area (Å²) >= 11 is 6.26. The van der Waals surface area contributed by atoms with E-state index in [2.05, 4.69) is 4.90 Å². The van der Waals surface area contributed by atoms with Crippen LogP contribution in [0.5, 0.6) is 5.75 Å². The highest BCUT2D eigenvalue weighted by molar-refractivity contribution is 6.30. The second-order valence-corrected chi connectivity index (χ2v) is 8.71. The molecule has 3 saturated heterocycles. The van der Waals surface area contributed by atoms with E-state index in [1.807, 2.05) is 18.2 Å². The number of nitrogens with zero attached hydrogens (tertiary/aromatic N) is 1. The average molecular weight is 378 g/mol. The second-order valence-electron chi connectivity index (χ2n) is 8.27. The number of rotatable bonds is 1. The smallest absolute Gasteiger partial charge is 0.126 e. The summed E-state index contributed by atoms with van der Waals surface area (Å²) in [5.41, 5.74) is 1.08. The van der Waals surface area contributed by atoms with E-state index in [-0.39, 0.29) is 11.7 Å². The van der Waals surface area contributed by atoms with Crippen LogP contribution < -0.4 is 4.74 Å². The Kier molecular flexibility index (Phi) is 4.64. The molecule has 1 aromatic rings. The third-order valence-electron chi connectivity index (χ3n) is 6.94. The lowest BCUT2D eigenvalue weighted by Crippen LogP contribution is -2.58. The van der Waals surface area contributed by atoms with Gasteiger partial charge in [0.15, 0.2) is 0 Å². The van der Waals surface area contributed by atoms with E-state index >= 15 is 0 Å². The molecule has 4 aliphatic heterocycles. The van der Waals surface area contributed by atoms with Gasteiger partial charge < -0.3 is 14.2 Å². The topological polar surface area (TPSA) is 30.9 Å². The third kappa shape index (κ3) is 2.95. The predicted octanol–water partition coefficient (Wildman–Crippen LogP) is 4.21. The van der Waals surface area contributed by atoms with Gasteiger partial charge >= 0.3 is 0 Å². The van der Waals surface area contributed by atoms with Crippen molar-refractivity contribution in [1.29, 1.82) is 0 Å². The van der Waals surface area contributed by atoms with Crippen molar-refractivity contribution in [2.45, 2.75) is 56.3 Å². The first-order valence-electron chi connectivity index (χ1n) is 10.2. The Hall–Kier alpha value is -0.810. The monoisotopic (exact) mass is 377 g/mol. The minimum atomic E-state index is -0.0758. The summed E-state index contributed by atoms with van der Waals surface area (Å²) in [6.07, 6.45) is 6.99. The van der Waals surface area contributed by atoms with Crippen molar-refractivity contribution in [3.05, 3.63) is 28.8 Å². The molecule has 4 heterocycles. The van der Waals surface area contributed by atoms with Crippen molar-refractivity contribution < 1.29 is 14.2 Å². The molecule has 1 aromatic carbocycles. The maximum Gasteiger partial charge on any atom is 0.126 e. The van der Waals surface area contributed by atoms with E-state index < -0.39 is 0 Å². The van der Waals surface area contributed by atoms with Crippen molar-refractivity contribution in [3.8, 4) is 5.75 Å². The molecule has 5 rings (SSSR count). The van der Waals surface area contributed by atoms with E-state index in [1.165, 1.54) is 19.3 Å². The van der Waals surface area contributed by atoms with Crippen molar-refractivity contribution in [1.82, 2.24) is 4.90 Å². The van der Waals surface area contributed by atoms with Crippen LogP contribution in [-0.2, 0) is 9.47 Å². The summed E-state index contributed by atoms with van der Waals surface area (Å²) in [6.45, 7) is 4.91. The highest BCUT2D eigenvalue weighted by atomic mass is 35.5. The summed E-state index contributed by atoms with van der Waals surface area (Å²) < 4.78 is 18.5. The Bertz CT molecular complexity index is 653. The van der Waals surface area contributed by atoms with E-state index in [1.54, 1.807) is 0 Å². The van der Waals surface area contributed by atoms with Gasteiger partial charge in [-0.3, -0.25) is 4.90 Å². The van der Waals surface area contributed by atoms with Crippen LogP contribution in [0.3, 0.4) is 0 Å². The molecule has 0 amide bonds. The fourth-order valence-electron chi connectivity index (χ4n) is 5.55. The van der Waals surface area contributed by atoms with Gasteiger partial charge in [-0.25, -0.2) is 0 Å². The number of piperidine rings is 1. The van der Waals surface area contributed by atoms with Crippen LogP contribution in [-0.4, -0.2) is 49.5 Å². The van der Waals surface area contributed by atoms with Gasteiger partial charge in [0.2, 0.25) is 0 Å². The van der Waals surface area contributed by atoms with Gasteiger partial charge in [-0.2, -0.15) is 0 Å². The highest BCUT2D eigenvalue weighted by Crippen LogP contribution is 2.53. The van der Waals surface area contributed by atoms with E-state index in [0.717, 1.165) is 68.5 Å². The van der Waals surface area contributed by atoms with Gasteiger partial charge in [0, 0.05) is 68.3 Å². The molecule has 0 N–H and O–H groups in total. The molecule has 0 saturated carbocycles. The Morgan fingerprint density at radius 1 is 1.04 bits per heavy atom. The van der Waals surface area contributed by atoms with Crippen LogP contribution in [0, 0.1) is 5.92 Å². The first kappa shape index (κ1) is 17.3. The lowest BCUT2D eigenvalue weighted by molar-refractivity contribution is -0.153. The fourth-order valence-corrected chi connectivity index (χ4v) is 5.73. The molecule has 5 heteroatoms. The summed E-state index contributed by atoms with van der Waals surface area (Å²) in [6, 6.07) is 6.71. The first-order valence-corrected chi connectivity index (χ1v) is 10.5. The van der Waals surface area contributed by atoms with Crippen LogP contribution in [0.4, 0.5) is 0 Å². The Morgan fingerprint density at radius 2 is 1.85 bits per heavy atom. The van der Waals surface area contributed by atoms with Crippen LogP contribution in [0.25, 0.3) is 0 Å². The molecule has 1 spiro atoms. The normalized spacial score (nSPS) is 31.9. The molecule has 142 valence electrons. The molecule has 2 atom stereocenters. The van der Waals surface area contributed by atoms with Gasteiger partial charge in [0.05, 0.1) is 6.10 Å². The van der Waals surface area contributed by atoms with Crippen LogP contribution in [0.2, 0.25) is 5.02 Å². The lowest BCUT2D eigenvalue weighted by atomic mass is 9.69. The largest absolute Gasteiger partial charge is 0.486 e. The Balaban J connectivity index is 1.39. The molecule has 4 nitrogen and oxygen atoms in total. The highest BCUT2D eigenvalue weighted by Gasteiger charge is 2.52. The number of likely N-dealkylation sites (tertiary alicyclic amines) is 1. The molecule has 0 aromatic heterocycles. The second kappa shape index (κ2) is 6.97. The zero-order valence-corrected chi connectivity index (χ0v) is 16.0.